The highest BCUT2D eigenvalue weighted by atomic mass is 16.5. The monoisotopic (exact) mass is 302 g/mol. The van der Waals surface area contributed by atoms with E-state index >= 15 is 0 Å². The number of amides is 2. The minimum atomic E-state index is -1.07. The molecule has 2 saturated heterocycles. The van der Waals surface area contributed by atoms with Gasteiger partial charge in [-0.15, -0.1) is 0 Å². The molecule has 8 nitrogen and oxygen atoms in total. The molecule has 0 saturated carbocycles. The number of carbonyl (C=O) groups excluding carboxylic acids is 1. The van der Waals surface area contributed by atoms with Gasteiger partial charge in [0.1, 0.15) is 0 Å². The van der Waals surface area contributed by atoms with Crippen LogP contribution in [0.15, 0.2) is 0 Å². The second-order valence-electron chi connectivity index (χ2n) is 5.97. The Bertz CT molecular complexity index is 413. The average molecular weight is 302 g/mol. The number of hydrogen-bond donors (Lipinski definition) is 2. The summed E-state index contributed by atoms with van der Waals surface area (Å²) < 4.78 is 10.8. The summed E-state index contributed by atoms with van der Waals surface area (Å²) in [7, 11) is 0. The summed E-state index contributed by atoms with van der Waals surface area (Å²) in [6, 6.07) is -1.31. The zero-order chi connectivity index (χ0) is 15.6. The molecule has 2 amide bonds. The fourth-order valence-corrected chi connectivity index (χ4v) is 2.76. The van der Waals surface area contributed by atoms with Crippen molar-refractivity contribution < 1.29 is 29.3 Å². The number of ether oxygens (including phenoxy) is 2. The van der Waals surface area contributed by atoms with Gasteiger partial charge in [-0.3, -0.25) is 0 Å². The van der Waals surface area contributed by atoms with E-state index in [0.717, 1.165) is 0 Å². The second-order valence-corrected chi connectivity index (χ2v) is 5.97. The summed E-state index contributed by atoms with van der Waals surface area (Å²) >= 11 is 0. The molecule has 120 valence electrons. The highest BCUT2D eigenvalue weighted by Crippen LogP contribution is 2.23. The summed E-state index contributed by atoms with van der Waals surface area (Å²) in [5.41, 5.74) is -0.577. The zero-order valence-electron chi connectivity index (χ0n) is 12.3. The van der Waals surface area contributed by atoms with Gasteiger partial charge in [-0.05, 0) is 13.8 Å². The van der Waals surface area contributed by atoms with E-state index in [4.69, 9.17) is 9.47 Å². The van der Waals surface area contributed by atoms with Crippen molar-refractivity contribution in [1.29, 1.82) is 0 Å². The van der Waals surface area contributed by atoms with Crippen molar-refractivity contribution in [2.24, 2.45) is 0 Å². The molecule has 2 aliphatic rings. The third-order valence-electron chi connectivity index (χ3n) is 3.61. The van der Waals surface area contributed by atoms with E-state index in [0.29, 0.717) is 13.2 Å². The van der Waals surface area contributed by atoms with Gasteiger partial charge in [0, 0.05) is 6.54 Å². The van der Waals surface area contributed by atoms with Gasteiger partial charge in [0.15, 0.2) is 6.04 Å². The van der Waals surface area contributed by atoms with Crippen LogP contribution in [0, 0.1) is 0 Å². The molecule has 2 heterocycles. The molecule has 2 unspecified atom stereocenters. The van der Waals surface area contributed by atoms with Crippen molar-refractivity contribution >= 4 is 12.0 Å². The molecule has 8 heteroatoms. The number of rotatable bonds is 2. The van der Waals surface area contributed by atoms with Crippen LogP contribution in [0.1, 0.15) is 13.8 Å². The normalized spacial score (nSPS) is 29.3. The largest absolute Gasteiger partial charge is 0.480 e. The van der Waals surface area contributed by atoms with Crippen LogP contribution in [0.2, 0.25) is 0 Å². The predicted octanol–water partition coefficient (Wildman–Crippen LogP) is -0.636. The van der Waals surface area contributed by atoms with Crippen LogP contribution < -0.4 is 0 Å². The number of morpholine rings is 2. The van der Waals surface area contributed by atoms with E-state index < -0.39 is 23.7 Å². The highest BCUT2D eigenvalue weighted by Gasteiger charge is 2.40. The van der Waals surface area contributed by atoms with Gasteiger partial charge in [0.2, 0.25) is 0 Å². The zero-order valence-corrected chi connectivity index (χ0v) is 12.3. The van der Waals surface area contributed by atoms with Crippen LogP contribution in [0.3, 0.4) is 0 Å². The molecule has 0 aromatic heterocycles. The van der Waals surface area contributed by atoms with E-state index in [1.807, 2.05) is 13.8 Å². The first kappa shape index (κ1) is 16.0. The lowest BCUT2D eigenvalue weighted by Gasteiger charge is -2.45. The Hall–Kier alpha value is -1.38. The first-order valence-electron chi connectivity index (χ1n) is 6.99. The number of nitrogens with zero attached hydrogens (tertiary/aromatic N) is 2. The molecule has 2 N–H and O–H groups in total. The van der Waals surface area contributed by atoms with Crippen molar-refractivity contribution in [3.8, 4) is 0 Å². The van der Waals surface area contributed by atoms with Gasteiger partial charge >= 0.3 is 12.0 Å². The third kappa shape index (κ3) is 3.63. The quantitative estimate of drug-likeness (QED) is 0.704. The Balaban J connectivity index is 2.11. The number of aliphatic hydroxyl groups is 1. The fraction of sp³-hybridized carbons (Fsp3) is 0.846. The number of carboxylic acid groups (broad SMARTS) is 1. The standard InChI is InChI=1S/C13H22N2O6/c1-13(2)8-14(5-9(6-16)21-13)12(19)15-3-4-20-7-10(15)11(17)18/h9-10,16H,3-8H2,1-2H3,(H,17,18). The Labute approximate surface area is 123 Å². The summed E-state index contributed by atoms with van der Waals surface area (Å²) in [4.78, 5) is 26.7. The summed E-state index contributed by atoms with van der Waals surface area (Å²) in [5.74, 6) is -1.07. The summed E-state index contributed by atoms with van der Waals surface area (Å²) in [5, 5.41) is 18.5. The molecule has 0 radical (unpaired) electrons. The lowest BCUT2D eigenvalue weighted by molar-refractivity contribution is -0.151. The van der Waals surface area contributed by atoms with Crippen molar-refractivity contribution in [1.82, 2.24) is 9.80 Å². The lowest BCUT2D eigenvalue weighted by atomic mass is 10.1. The lowest BCUT2D eigenvalue weighted by Crippen LogP contribution is -2.62. The van der Waals surface area contributed by atoms with E-state index in [1.165, 1.54) is 4.90 Å². The first-order valence-corrected chi connectivity index (χ1v) is 6.99. The van der Waals surface area contributed by atoms with E-state index in [2.05, 4.69) is 0 Å². The molecular formula is C13H22N2O6. The average Bonchev–Trinajstić information content (AvgIpc) is 2.44. The molecular weight excluding hydrogens is 280 g/mol. The topological polar surface area (TPSA) is 99.5 Å². The number of aliphatic carboxylic acids is 1. The summed E-state index contributed by atoms with van der Waals surface area (Å²) in [6.45, 7) is 4.67. The predicted molar refractivity (Wildman–Crippen MR) is 72.0 cm³/mol. The van der Waals surface area contributed by atoms with Crippen molar-refractivity contribution in [3.63, 3.8) is 0 Å². The maximum atomic E-state index is 12.6. The second kappa shape index (κ2) is 6.17. The van der Waals surface area contributed by atoms with Gasteiger partial charge in [-0.1, -0.05) is 0 Å². The maximum absolute atomic E-state index is 12.6. The van der Waals surface area contributed by atoms with Crippen molar-refractivity contribution in [3.05, 3.63) is 0 Å². The SMILES string of the molecule is CC1(C)CN(C(=O)N2CCOCC2C(=O)O)CC(CO)O1. The number of hydrogen-bond acceptors (Lipinski definition) is 5. The minimum absolute atomic E-state index is 0.00175. The van der Waals surface area contributed by atoms with Crippen LogP contribution in [0.25, 0.3) is 0 Å². The number of carbonyl (C=O) groups is 2. The van der Waals surface area contributed by atoms with Gasteiger partial charge < -0.3 is 29.5 Å². The molecule has 0 bridgehead atoms. The molecule has 0 spiro atoms. The Morgan fingerprint density at radius 3 is 2.71 bits per heavy atom. The molecule has 2 rings (SSSR count). The van der Waals surface area contributed by atoms with Crippen molar-refractivity contribution in [2.75, 3.05) is 39.5 Å². The number of carboxylic acids is 1. The van der Waals surface area contributed by atoms with Gasteiger partial charge in [-0.2, -0.15) is 0 Å². The smallest absolute Gasteiger partial charge is 0.328 e. The Kier molecular flexibility index (Phi) is 4.70. The molecule has 2 aliphatic heterocycles. The molecule has 2 atom stereocenters. The van der Waals surface area contributed by atoms with E-state index in [9.17, 15) is 19.8 Å². The molecule has 21 heavy (non-hydrogen) atoms. The van der Waals surface area contributed by atoms with Crippen molar-refractivity contribution in [2.45, 2.75) is 31.6 Å². The Morgan fingerprint density at radius 2 is 2.10 bits per heavy atom. The molecule has 0 aromatic carbocycles. The van der Waals surface area contributed by atoms with Crippen LogP contribution in [-0.2, 0) is 14.3 Å². The highest BCUT2D eigenvalue weighted by molar-refractivity contribution is 5.83. The molecule has 0 aromatic rings. The van der Waals surface area contributed by atoms with Gasteiger partial charge in [0.05, 0.1) is 44.6 Å². The fourth-order valence-electron chi connectivity index (χ4n) is 2.76. The Morgan fingerprint density at radius 1 is 1.38 bits per heavy atom. The maximum Gasteiger partial charge on any atom is 0.328 e. The third-order valence-corrected chi connectivity index (χ3v) is 3.61. The van der Waals surface area contributed by atoms with Crippen LogP contribution in [0.5, 0.6) is 0 Å². The van der Waals surface area contributed by atoms with Crippen LogP contribution in [0.4, 0.5) is 4.79 Å². The number of aliphatic hydroxyl groups excluding tert-OH is 1. The van der Waals surface area contributed by atoms with Crippen LogP contribution in [-0.4, -0.2) is 89.2 Å². The van der Waals surface area contributed by atoms with Crippen LogP contribution >= 0.6 is 0 Å². The minimum Gasteiger partial charge on any atom is -0.480 e. The van der Waals surface area contributed by atoms with Gasteiger partial charge in [-0.25, -0.2) is 9.59 Å². The molecule has 2 fully saturated rings. The summed E-state index contributed by atoms with van der Waals surface area (Å²) in [6.07, 6.45) is -0.456. The number of urea groups is 1. The molecule has 0 aliphatic carbocycles. The van der Waals surface area contributed by atoms with E-state index in [1.54, 1.807) is 4.90 Å². The van der Waals surface area contributed by atoms with Gasteiger partial charge in [0.25, 0.3) is 0 Å². The first-order chi connectivity index (χ1) is 9.84. The van der Waals surface area contributed by atoms with E-state index in [-0.39, 0.29) is 32.3 Å².